The smallest absolute Gasteiger partial charge is 0.265 e. The number of thiazole rings is 1. The topological polar surface area (TPSA) is 80.0 Å². The average Bonchev–Trinajstić information content (AvgIpc) is 2.77. The van der Waals surface area contributed by atoms with E-state index in [2.05, 4.69) is 27.8 Å². The van der Waals surface area contributed by atoms with Crippen molar-refractivity contribution in [1.29, 1.82) is 0 Å². The third-order valence-electron chi connectivity index (χ3n) is 3.20. The Labute approximate surface area is 123 Å². The second-order valence-electron chi connectivity index (χ2n) is 5.39. The summed E-state index contributed by atoms with van der Waals surface area (Å²) in [5.74, 6) is 0.719. The lowest BCUT2D eigenvalue weighted by Crippen LogP contribution is -2.29. The molecule has 2 rings (SSSR count). The minimum absolute atomic E-state index is 0.119. The molecular formula is C14H22N4OS. The van der Waals surface area contributed by atoms with Gasteiger partial charge < -0.3 is 16.4 Å². The van der Waals surface area contributed by atoms with Crippen molar-refractivity contribution in [3.8, 4) is 0 Å². The fraction of sp³-hybridized carbons (Fsp3) is 0.571. The highest BCUT2D eigenvalue weighted by Gasteiger charge is 2.18. The largest absolute Gasteiger partial charge is 0.382 e. The first-order chi connectivity index (χ1) is 9.56. The van der Waals surface area contributed by atoms with Gasteiger partial charge in [0.15, 0.2) is 5.13 Å². The summed E-state index contributed by atoms with van der Waals surface area (Å²) in [6.45, 7) is 4.75. The molecule has 1 aromatic rings. The number of carbonyl (C=O) groups is 1. The molecule has 1 unspecified atom stereocenters. The number of nitrogen functional groups attached to an aromatic ring is 1. The van der Waals surface area contributed by atoms with E-state index in [0.717, 1.165) is 19.3 Å². The molecule has 1 heterocycles. The summed E-state index contributed by atoms with van der Waals surface area (Å²) in [7, 11) is 0. The van der Waals surface area contributed by atoms with Gasteiger partial charge in [-0.05, 0) is 39.0 Å². The van der Waals surface area contributed by atoms with E-state index in [4.69, 9.17) is 5.73 Å². The van der Waals surface area contributed by atoms with Crippen LogP contribution in [0.2, 0.25) is 0 Å². The van der Waals surface area contributed by atoms with Crippen LogP contribution < -0.4 is 16.4 Å². The van der Waals surface area contributed by atoms with Gasteiger partial charge in [0.05, 0.1) is 0 Å². The monoisotopic (exact) mass is 294 g/mol. The van der Waals surface area contributed by atoms with Gasteiger partial charge in [-0.25, -0.2) is 4.98 Å². The zero-order chi connectivity index (χ0) is 14.5. The molecule has 0 aliphatic heterocycles. The van der Waals surface area contributed by atoms with E-state index >= 15 is 0 Å². The number of hydrogen-bond donors (Lipinski definition) is 3. The van der Waals surface area contributed by atoms with E-state index in [-0.39, 0.29) is 11.9 Å². The number of aromatic nitrogens is 1. The van der Waals surface area contributed by atoms with Crippen LogP contribution in [0.15, 0.2) is 12.2 Å². The maximum Gasteiger partial charge on any atom is 0.265 e. The van der Waals surface area contributed by atoms with Crippen molar-refractivity contribution in [2.24, 2.45) is 5.92 Å². The predicted octanol–water partition coefficient (Wildman–Crippen LogP) is 2.63. The Hall–Kier alpha value is -1.56. The summed E-state index contributed by atoms with van der Waals surface area (Å²) in [5, 5.41) is 6.83. The Morgan fingerprint density at radius 2 is 2.35 bits per heavy atom. The van der Waals surface area contributed by atoms with Crippen LogP contribution >= 0.6 is 11.3 Å². The fourth-order valence-corrected chi connectivity index (χ4v) is 3.11. The summed E-state index contributed by atoms with van der Waals surface area (Å²) in [6.07, 6.45) is 7.66. The zero-order valence-corrected chi connectivity index (χ0v) is 12.8. The molecule has 0 saturated carbocycles. The van der Waals surface area contributed by atoms with Gasteiger partial charge in [0.25, 0.3) is 5.91 Å². The minimum Gasteiger partial charge on any atom is -0.382 e. The SMILES string of the molecule is CC(C)Nc1nc(N)c(C(=O)NCC2CC=CCC2)s1. The van der Waals surface area contributed by atoms with E-state index in [9.17, 15) is 4.79 Å². The van der Waals surface area contributed by atoms with Crippen LogP contribution in [0.5, 0.6) is 0 Å². The average molecular weight is 294 g/mol. The van der Waals surface area contributed by atoms with Crippen LogP contribution in [-0.4, -0.2) is 23.5 Å². The highest BCUT2D eigenvalue weighted by Crippen LogP contribution is 2.25. The standard InChI is InChI=1S/C14H22N4OS/c1-9(2)17-14-18-12(15)11(20-14)13(19)16-8-10-6-4-3-5-7-10/h3-4,9-10H,5-8,15H2,1-2H3,(H,16,19)(H,17,18). The molecular weight excluding hydrogens is 272 g/mol. The molecule has 1 amide bonds. The van der Waals surface area contributed by atoms with Crippen molar-refractivity contribution < 1.29 is 4.79 Å². The fourth-order valence-electron chi connectivity index (χ4n) is 2.16. The number of hydrogen-bond acceptors (Lipinski definition) is 5. The molecule has 6 heteroatoms. The quantitative estimate of drug-likeness (QED) is 0.729. The molecule has 0 spiro atoms. The summed E-state index contributed by atoms with van der Waals surface area (Å²) in [5.41, 5.74) is 5.81. The molecule has 20 heavy (non-hydrogen) atoms. The van der Waals surface area contributed by atoms with E-state index in [1.54, 1.807) is 0 Å². The third kappa shape index (κ3) is 3.96. The molecule has 1 aromatic heterocycles. The molecule has 5 nitrogen and oxygen atoms in total. The molecule has 1 aliphatic rings. The lowest BCUT2D eigenvalue weighted by Gasteiger charge is -2.17. The van der Waals surface area contributed by atoms with Gasteiger partial charge in [-0.2, -0.15) is 0 Å². The van der Waals surface area contributed by atoms with E-state index in [1.165, 1.54) is 11.3 Å². The molecule has 0 aromatic carbocycles. The molecule has 0 bridgehead atoms. The number of nitrogens with two attached hydrogens (primary N) is 1. The lowest BCUT2D eigenvalue weighted by molar-refractivity contribution is 0.0951. The van der Waals surface area contributed by atoms with Crippen molar-refractivity contribution in [2.45, 2.75) is 39.2 Å². The van der Waals surface area contributed by atoms with Crippen molar-refractivity contribution in [3.05, 3.63) is 17.0 Å². The van der Waals surface area contributed by atoms with Gasteiger partial charge in [0, 0.05) is 12.6 Å². The first kappa shape index (κ1) is 14.8. The highest BCUT2D eigenvalue weighted by molar-refractivity contribution is 7.18. The van der Waals surface area contributed by atoms with E-state index in [0.29, 0.717) is 28.3 Å². The Bertz CT molecular complexity index is 495. The third-order valence-corrected chi connectivity index (χ3v) is 4.20. The van der Waals surface area contributed by atoms with E-state index in [1.807, 2.05) is 13.8 Å². The molecule has 0 saturated heterocycles. The minimum atomic E-state index is -0.119. The summed E-state index contributed by atoms with van der Waals surface area (Å²) in [6, 6.07) is 0.269. The number of anilines is 2. The second-order valence-corrected chi connectivity index (χ2v) is 6.39. The predicted molar refractivity (Wildman–Crippen MR) is 84.1 cm³/mol. The normalized spacial score (nSPS) is 18.2. The van der Waals surface area contributed by atoms with Gasteiger partial charge in [0.1, 0.15) is 10.7 Å². The van der Waals surface area contributed by atoms with Crippen molar-refractivity contribution >= 4 is 28.2 Å². The molecule has 1 aliphatic carbocycles. The maximum absolute atomic E-state index is 12.1. The number of allylic oxidation sites excluding steroid dienone is 2. The zero-order valence-electron chi connectivity index (χ0n) is 12.0. The summed E-state index contributed by atoms with van der Waals surface area (Å²) < 4.78 is 0. The summed E-state index contributed by atoms with van der Waals surface area (Å²) >= 11 is 1.31. The number of nitrogens with one attached hydrogen (secondary N) is 2. The van der Waals surface area contributed by atoms with Crippen molar-refractivity contribution in [2.75, 3.05) is 17.6 Å². The molecule has 110 valence electrons. The molecule has 1 atom stereocenters. The number of amides is 1. The van der Waals surface area contributed by atoms with Gasteiger partial charge in [-0.3, -0.25) is 4.79 Å². The van der Waals surface area contributed by atoms with Crippen molar-refractivity contribution in [3.63, 3.8) is 0 Å². The van der Waals surface area contributed by atoms with Crippen LogP contribution in [0.1, 0.15) is 42.8 Å². The van der Waals surface area contributed by atoms with Crippen LogP contribution in [-0.2, 0) is 0 Å². The van der Waals surface area contributed by atoms with E-state index < -0.39 is 0 Å². The Kier molecular flexibility index (Phi) is 5.00. The first-order valence-corrected chi connectivity index (χ1v) is 7.84. The lowest BCUT2D eigenvalue weighted by atomic mass is 9.94. The highest BCUT2D eigenvalue weighted by atomic mass is 32.1. The molecule has 0 radical (unpaired) electrons. The summed E-state index contributed by atoms with van der Waals surface area (Å²) in [4.78, 5) is 16.8. The van der Waals surface area contributed by atoms with Crippen molar-refractivity contribution in [1.82, 2.24) is 10.3 Å². The molecule has 0 fully saturated rings. The number of carbonyl (C=O) groups excluding carboxylic acids is 1. The maximum atomic E-state index is 12.1. The number of rotatable bonds is 5. The van der Waals surface area contributed by atoms with Crippen LogP contribution in [0.25, 0.3) is 0 Å². The van der Waals surface area contributed by atoms with Gasteiger partial charge in [0.2, 0.25) is 0 Å². The first-order valence-electron chi connectivity index (χ1n) is 7.02. The van der Waals surface area contributed by atoms with Crippen LogP contribution in [0.4, 0.5) is 10.9 Å². The second kappa shape index (κ2) is 6.74. The Balaban J connectivity index is 1.91. The number of nitrogens with zero attached hydrogens (tertiary/aromatic N) is 1. The Morgan fingerprint density at radius 3 is 3.00 bits per heavy atom. The Morgan fingerprint density at radius 1 is 1.55 bits per heavy atom. The van der Waals surface area contributed by atoms with Gasteiger partial charge in [-0.15, -0.1) is 0 Å². The van der Waals surface area contributed by atoms with Crippen LogP contribution in [0, 0.1) is 5.92 Å². The van der Waals surface area contributed by atoms with Crippen LogP contribution in [0.3, 0.4) is 0 Å². The van der Waals surface area contributed by atoms with Gasteiger partial charge >= 0.3 is 0 Å². The molecule has 4 N–H and O–H groups in total. The van der Waals surface area contributed by atoms with Gasteiger partial charge in [-0.1, -0.05) is 23.5 Å².